The first-order chi connectivity index (χ1) is 12.0. The van der Waals surface area contributed by atoms with Gasteiger partial charge in [-0.3, -0.25) is 4.79 Å². The van der Waals surface area contributed by atoms with E-state index in [1.165, 1.54) is 13.1 Å². The van der Waals surface area contributed by atoms with Crippen molar-refractivity contribution in [1.82, 2.24) is 24.6 Å². The van der Waals surface area contributed by atoms with Crippen molar-refractivity contribution in [2.75, 3.05) is 6.54 Å². The van der Waals surface area contributed by atoms with Crippen molar-refractivity contribution >= 4 is 16.9 Å². The smallest absolute Gasteiger partial charge is 0.388 e. The highest BCUT2D eigenvalue weighted by Crippen LogP contribution is 2.16. The Morgan fingerprint density at radius 3 is 2.88 bits per heavy atom. The standard InChI is InChI=1S/C16H17F2N5O2/c1-10-20-11-5-3-4-6-13(11)23(10)8-7-19-15(24)12-9-14(22(2)21-12)25-16(17)18/h3-6,9,16H,7-8H2,1-2H3,(H,19,24). The first kappa shape index (κ1) is 16.9. The summed E-state index contributed by atoms with van der Waals surface area (Å²) in [6, 6.07) is 8.91. The lowest BCUT2D eigenvalue weighted by molar-refractivity contribution is -0.0553. The molecule has 0 aliphatic rings. The molecule has 0 aliphatic heterocycles. The normalized spacial score (nSPS) is 11.2. The second-order valence-corrected chi connectivity index (χ2v) is 5.43. The van der Waals surface area contributed by atoms with E-state index in [2.05, 4.69) is 20.1 Å². The van der Waals surface area contributed by atoms with Gasteiger partial charge >= 0.3 is 6.61 Å². The number of aromatic nitrogens is 4. The molecule has 0 saturated heterocycles. The van der Waals surface area contributed by atoms with Crippen LogP contribution in [0.25, 0.3) is 11.0 Å². The number of hydrogen-bond acceptors (Lipinski definition) is 4. The van der Waals surface area contributed by atoms with E-state index in [4.69, 9.17) is 0 Å². The summed E-state index contributed by atoms with van der Waals surface area (Å²) >= 11 is 0. The predicted octanol–water partition coefficient (Wildman–Crippen LogP) is 2.11. The van der Waals surface area contributed by atoms with E-state index in [9.17, 15) is 13.6 Å². The molecule has 0 unspecified atom stereocenters. The lowest BCUT2D eigenvalue weighted by atomic mass is 10.3. The summed E-state index contributed by atoms with van der Waals surface area (Å²) < 4.78 is 31.9. The maximum absolute atomic E-state index is 12.3. The van der Waals surface area contributed by atoms with Gasteiger partial charge in [0.15, 0.2) is 5.69 Å². The van der Waals surface area contributed by atoms with E-state index in [0.717, 1.165) is 21.5 Å². The van der Waals surface area contributed by atoms with Crippen LogP contribution in [-0.4, -0.2) is 38.4 Å². The van der Waals surface area contributed by atoms with E-state index in [1.807, 2.05) is 35.8 Å². The third-order valence-electron chi connectivity index (χ3n) is 3.75. The Kier molecular flexibility index (Phi) is 4.64. The number of imidazole rings is 1. The molecule has 0 atom stereocenters. The Morgan fingerprint density at radius 2 is 2.12 bits per heavy atom. The van der Waals surface area contributed by atoms with Gasteiger partial charge in [0.1, 0.15) is 5.82 Å². The van der Waals surface area contributed by atoms with Gasteiger partial charge in [0, 0.05) is 26.2 Å². The first-order valence-corrected chi connectivity index (χ1v) is 7.64. The molecule has 0 radical (unpaired) electrons. The third kappa shape index (κ3) is 3.59. The fourth-order valence-electron chi connectivity index (χ4n) is 2.61. The largest absolute Gasteiger partial charge is 0.417 e. The Labute approximate surface area is 142 Å². The molecular weight excluding hydrogens is 332 g/mol. The van der Waals surface area contributed by atoms with Gasteiger partial charge in [-0.05, 0) is 19.1 Å². The van der Waals surface area contributed by atoms with Crippen molar-refractivity contribution in [2.45, 2.75) is 20.1 Å². The van der Waals surface area contributed by atoms with Crippen molar-refractivity contribution in [3.05, 3.63) is 41.9 Å². The fourth-order valence-corrected chi connectivity index (χ4v) is 2.61. The van der Waals surface area contributed by atoms with Crippen LogP contribution >= 0.6 is 0 Å². The van der Waals surface area contributed by atoms with Crippen LogP contribution < -0.4 is 10.1 Å². The number of amides is 1. The Bertz CT molecular complexity index is 903. The molecule has 0 fully saturated rings. The van der Waals surface area contributed by atoms with Crippen LogP contribution in [0.15, 0.2) is 30.3 Å². The summed E-state index contributed by atoms with van der Waals surface area (Å²) in [7, 11) is 1.43. The highest BCUT2D eigenvalue weighted by atomic mass is 19.3. The molecule has 132 valence electrons. The Morgan fingerprint density at radius 1 is 1.36 bits per heavy atom. The quantitative estimate of drug-likeness (QED) is 0.740. The molecule has 7 nitrogen and oxygen atoms in total. The van der Waals surface area contributed by atoms with Crippen molar-refractivity contribution in [3.63, 3.8) is 0 Å². The molecule has 2 aromatic heterocycles. The van der Waals surface area contributed by atoms with Gasteiger partial charge in [0.2, 0.25) is 5.88 Å². The van der Waals surface area contributed by atoms with Crippen LogP contribution in [0.3, 0.4) is 0 Å². The number of nitrogens with zero attached hydrogens (tertiary/aromatic N) is 4. The van der Waals surface area contributed by atoms with E-state index >= 15 is 0 Å². The van der Waals surface area contributed by atoms with Gasteiger partial charge in [-0.15, -0.1) is 0 Å². The average Bonchev–Trinajstić information content (AvgIpc) is 3.07. The molecule has 0 aliphatic carbocycles. The zero-order chi connectivity index (χ0) is 18.0. The predicted molar refractivity (Wildman–Crippen MR) is 86.6 cm³/mol. The SMILES string of the molecule is Cc1nc2ccccc2n1CCNC(=O)c1cc(OC(F)F)n(C)n1. The number of para-hydroxylation sites is 2. The summed E-state index contributed by atoms with van der Waals surface area (Å²) in [6.07, 6.45) is 0. The van der Waals surface area contributed by atoms with E-state index in [1.54, 1.807) is 0 Å². The zero-order valence-electron chi connectivity index (χ0n) is 13.7. The van der Waals surface area contributed by atoms with Crippen LogP contribution in [0.2, 0.25) is 0 Å². The van der Waals surface area contributed by atoms with Crippen LogP contribution in [0.5, 0.6) is 5.88 Å². The van der Waals surface area contributed by atoms with E-state index < -0.39 is 12.5 Å². The first-order valence-electron chi connectivity index (χ1n) is 7.64. The minimum absolute atomic E-state index is 0.0189. The molecule has 0 saturated carbocycles. The molecule has 1 aromatic carbocycles. The topological polar surface area (TPSA) is 74.0 Å². The molecule has 0 bridgehead atoms. The van der Waals surface area contributed by atoms with Crippen LogP contribution in [0, 0.1) is 6.92 Å². The number of ether oxygens (including phenoxy) is 1. The second kappa shape index (κ2) is 6.88. The van der Waals surface area contributed by atoms with E-state index in [-0.39, 0.29) is 11.6 Å². The van der Waals surface area contributed by atoms with Gasteiger partial charge in [-0.25, -0.2) is 9.67 Å². The Hall–Kier alpha value is -2.97. The average molecular weight is 349 g/mol. The zero-order valence-corrected chi connectivity index (χ0v) is 13.7. The molecule has 9 heteroatoms. The summed E-state index contributed by atoms with van der Waals surface area (Å²) in [5.41, 5.74) is 1.90. The lowest BCUT2D eigenvalue weighted by Gasteiger charge is -2.07. The van der Waals surface area contributed by atoms with Crippen LogP contribution in [0.1, 0.15) is 16.3 Å². The monoisotopic (exact) mass is 349 g/mol. The number of carbonyl (C=O) groups is 1. The molecular formula is C16H17F2N5O2. The highest BCUT2D eigenvalue weighted by Gasteiger charge is 2.16. The molecule has 3 aromatic rings. The summed E-state index contributed by atoms with van der Waals surface area (Å²) in [4.78, 5) is 16.6. The van der Waals surface area contributed by atoms with Crippen molar-refractivity contribution in [3.8, 4) is 5.88 Å². The van der Waals surface area contributed by atoms with Crippen molar-refractivity contribution in [1.29, 1.82) is 0 Å². The Balaban J connectivity index is 1.64. The molecule has 0 spiro atoms. The number of rotatable bonds is 6. The molecule has 25 heavy (non-hydrogen) atoms. The van der Waals surface area contributed by atoms with Crippen molar-refractivity contribution < 1.29 is 18.3 Å². The molecule has 2 heterocycles. The van der Waals surface area contributed by atoms with Gasteiger partial charge in [-0.2, -0.15) is 13.9 Å². The third-order valence-corrected chi connectivity index (χ3v) is 3.75. The minimum Gasteiger partial charge on any atom is -0.417 e. The number of carbonyl (C=O) groups excluding carboxylic acids is 1. The van der Waals surface area contributed by atoms with Crippen LogP contribution in [-0.2, 0) is 13.6 Å². The number of halogens is 2. The van der Waals surface area contributed by atoms with Gasteiger partial charge in [0.25, 0.3) is 5.91 Å². The van der Waals surface area contributed by atoms with Crippen LogP contribution in [0.4, 0.5) is 8.78 Å². The number of hydrogen-bond donors (Lipinski definition) is 1. The summed E-state index contributed by atoms with van der Waals surface area (Å²) in [5, 5.41) is 6.59. The van der Waals surface area contributed by atoms with E-state index in [0.29, 0.717) is 13.1 Å². The van der Waals surface area contributed by atoms with Gasteiger partial charge < -0.3 is 14.6 Å². The number of aryl methyl sites for hydroxylation is 2. The molecule has 3 rings (SSSR count). The number of nitrogens with one attached hydrogen (secondary N) is 1. The number of benzene rings is 1. The number of fused-ring (bicyclic) bond motifs is 1. The summed E-state index contributed by atoms with van der Waals surface area (Å²) in [6.45, 7) is -0.189. The number of alkyl halides is 2. The highest BCUT2D eigenvalue weighted by molar-refractivity contribution is 5.92. The van der Waals surface area contributed by atoms with Crippen molar-refractivity contribution in [2.24, 2.45) is 7.05 Å². The minimum atomic E-state index is -2.97. The second-order valence-electron chi connectivity index (χ2n) is 5.43. The molecule has 1 amide bonds. The molecule has 1 N–H and O–H groups in total. The summed E-state index contributed by atoms with van der Waals surface area (Å²) in [5.74, 6) is 0.222. The van der Waals surface area contributed by atoms with Gasteiger partial charge in [-0.1, -0.05) is 12.1 Å². The lowest BCUT2D eigenvalue weighted by Crippen LogP contribution is -2.27. The van der Waals surface area contributed by atoms with Gasteiger partial charge in [0.05, 0.1) is 11.0 Å². The fraction of sp³-hybridized carbons (Fsp3) is 0.312. The maximum Gasteiger partial charge on any atom is 0.388 e. The maximum atomic E-state index is 12.3.